The molecule has 0 aromatic carbocycles. The summed E-state index contributed by atoms with van der Waals surface area (Å²) >= 11 is 0. The number of carbonyl (C=O) groups excluding carboxylic acids is 1. The Kier molecular flexibility index (Phi) is 11.2. The minimum atomic E-state index is -0.0386. The molecule has 1 N–H and O–H groups in total. The minimum Gasteiger partial charge on any atom is -0.466 e. The van der Waals surface area contributed by atoms with Crippen LogP contribution in [0.3, 0.4) is 0 Å². The van der Waals surface area contributed by atoms with Crippen LogP contribution in [0.5, 0.6) is 0 Å². The number of likely N-dealkylation sites (tertiary alicyclic amines) is 1. The molecule has 0 amide bonds. The largest absolute Gasteiger partial charge is 0.466 e. The normalized spacial score (nSPS) is 19.0. The quantitative estimate of drug-likeness (QED) is 0.215. The number of halogens is 1. The van der Waals surface area contributed by atoms with Gasteiger partial charge in [-0.25, -0.2) is 0 Å². The van der Waals surface area contributed by atoms with E-state index in [-0.39, 0.29) is 35.9 Å². The average Bonchev–Trinajstić information content (AvgIpc) is 2.62. The van der Waals surface area contributed by atoms with Crippen LogP contribution in [-0.4, -0.2) is 49.6 Å². The molecule has 1 aliphatic heterocycles. The second-order valence-corrected chi connectivity index (χ2v) is 6.61. The number of esters is 1. The first-order valence-corrected chi connectivity index (χ1v) is 9.62. The first-order valence-electron chi connectivity index (χ1n) is 9.62. The fourth-order valence-corrected chi connectivity index (χ4v) is 3.45. The zero-order valence-corrected chi connectivity index (χ0v) is 18.1. The number of nitrogens with zero attached hydrogens (tertiary/aromatic N) is 2. The van der Waals surface area contributed by atoms with Crippen LogP contribution in [0.1, 0.15) is 58.8 Å². The van der Waals surface area contributed by atoms with Gasteiger partial charge in [-0.3, -0.25) is 9.79 Å². The van der Waals surface area contributed by atoms with E-state index in [0.717, 1.165) is 51.4 Å². The average molecular weight is 463 g/mol. The number of guanidine groups is 1. The fraction of sp³-hybridized carbons (Fsp3) is 0.789. The highest BCUT2D eigenvalue weighted by Crippen LogP contribution is 2.21. The van der Waals surface area contributed by atoms with Crippen molar-refractivity contribution in [2.24, 2.45) is 10.9 Å². The summed E-state index contributed by atoms with van der Waals surface area (Å²) in [6.45, 7) is 7.91. The van der Waals surface area contributed by atoms with Gasteiger partial charge in [-0.1, -0.05) is 11.6 Å². The van der Waals surface area contributed by atoms with Crippen LogP contribution in [0.4, 0.5) is 0 Å². The molecule has 0 saturated carbocycles. The number of aliphatic imine (C=N–C) groups is 1. The summed E-state index contributed by atoms with van der Waals surface area (Å²) in [6.07, 6.45) is 10.3. The minimum absolute atomic E-state index is 0. The number of allylic oxidation sites excluding steroid dienone is 1. The van der Waals surface area contributed by atoms with E-state index in [0.29, 0.717) is 6.61 Å². The number of nitrogens with one attached hydrogen (secondary N) is 1. The van der Waals surface area contributed by atoms with Gasteiger partial charge in [0, 0.05) is 26.2 Å². The molecule has 144 valence electrons. The van der Waals surface area contributed by atoms with Gasteiger partial charge in [-0.05, 0) is 58.8 Å². The highest BCUT2D eigenvalue weighted by Gasteiger charge is 2.27. The maximum Gasteiger partial charge on any atom is 0.309 e. The standard InChI is InChI=1S/C19H33N3O2.HI/c1-3-20-19(21-13-10-16-8-6-5-7-9-16)22-14-11-17(12-15-22)18(23)24-4-2;/h8,17H,3-7,9-15H2,1-2H3,(H,20,21);1H. The maximum atomic E-state index is 11.9. The number of ether oxygens (including phenoxy) is 1. The number of hydrogen-bond donors (Lipinski definition) is 1. The molecule has 2 rings (SSSR count). The molecule has 0 radical (unpaired) electrons. The second-order valence-electron chi connectivity index (χ2n) is 6.61. The maximum absolute atomic E-state index is 11.9. The zero-order chi connectivity index (χ0) is 17.2. The van der Waals surface area contributed by atoms with Gasteiger partial charge in [-0.15, -0.1) is 24.0 Å². The lowest BCUT2D eigenvalue weighted by Crippen LogP contribution is -2.46. The van der Waals surface area contributed by atoms with Gasteiger partial charge in [0.2, 0.25) is 0 Å². The van der Waals surface area contributed by atoms with E-state index in [4.69, 9.17) is 9.73 Å². The van der Waals surface area contributed by atoms with Crippen LogP contribution in [0, 0.1) is 5.92 Å². The predicted molar refractivity (Wildman–Crippen MR) is 113 cm³/mol. The summed E-state index contributed by atoms with van der Waals surface area (Å²) in [7, 11) is 0. The third-order valence-corrected chi connectivity index (χ3v) is 4.83. The van der Waals surface area contributed by atoms with Crippen molar-refractivity contribution in [2.45, 2.75) is 58.8 Å². The van der Waals surface area contributed by atoms with E-state index >= 15 is 0 Å². The Balaban J connectivity index is 0.00000312. The molecule has 0 atom stereocenters. The van der Waals surface area contributed by atoms with Crippen LogP contribution >= 0.6 is 24.0 Å². The van der Waals surface area contributed by atoms with Crippen molar-refractivity contribution in [1.82, 2.24) is 10.2 Å². The molecule has 1 fully saturated rings. The Hall–Kier alpha value is -0.790. The second kappa shape index (κ2) is 12.5. The van der Waals surface area contributed by atoms with Crippen molar-refractivity contribution in [2.75, 3.05) is 32.8 Å². The first-order chi connectivity index (χ1) is 11.7. The number of hydrogen-bond acceptors (Lipinski definition) is 3. The summed E-state index contributed by atoms with van der Waals surface area (Å²) < 4.78 is 5.15. The highest BCUT2D eigenvalue weighted by molar-refractivity contribution is 14.0. The van der Waals surface area contributed by atoms with E-state index in [1.807, 2.05) is 6.92 Å². The van der Waals surface area contributed by atoms with Crippen molar-refractivity contribution >= 4 is 35.9 Å². The molecule has 6 heteroatoms. The molecule has 1 aliphatic carbocycles. The summed E-state index contributed by atoms with van der Waals surface area (Å²) in [5.41, 5.74) is 1.57. The van der Waals surface area contributed by atoms with Gasteiger partial charge in [0.1, 0.15) is 0 Å². The van der Waals surface area contributed by atoms with Crippen molar-refractivity contribution in [3.63, 3.8) is 0 Å². The molecule has 0 aromatic rings. The molecule has 0 unspecified atom stereocenters. The third-order valence-electron chi connectivity index (χ3n) is 4.83. The van der Waals surface area contributed by atoms with E-state index in [9.17, 15) is 4.79 Å². The van der Waals surface area contributed by atoms with Crippen LogP contribution < -0.4 is 5.32 Å². The Morgan fingerprint density at radius 1 is 1.32 bits per heavy atom. The van der Waals surface area contributed by atoms with Gasteiger partial charge in [-0.2, -0.15) is 0 Å². The van der Waals surface area contributed by atoms with Crippen molar-refractivity contribution < 1.29 is 9.53 Å². The summed E-state index contributed by atoms with van der Waals surface area (Å²) in [6, 6.07) is 0. The van der Waals surface area contributed by atoms with Gasteiger partial charge >= 0.3 is 5.97 Å². The van der Waals surface area contributed by atoms with E-state index in [1.165, 1.54) is 25.7 Å². The first kappa shape index (κ1) is 22.3. The Morgan fingerprint density at radius 2 is 2.08 bits per heavy atom. The predicted octanol–water partition coefficient (Wildman–Crippen LogP) is 3.74. The van der Waals surface area contributed by atoms with Gasteiger partial charge in [0.15, 0.2) is 5.96 Å². The molecule has 2 aliphatic rings. The molecular weight excluding hydrogens is 429 g/mol. The number of rotatable bonds is 6. The van der Waals surface area contributed by atoms with E-state index < -0.39 is 0 Å². The molecule has 0 spiro atoms. The van der Waals surface area contributed by atoms with E-state index in [1.54, 1.807) is 5.57 Å². The van der Waals surface area contributed by atoms with E-state index in [2.05, 4.69) is 23.2 Å². The lowest BCUT2D eigenvalue weighted by atomic mass is 9.97. The SMILES string of the molecule is CCNC(=NCCC1=CCCCC1)N1CCC(C(=O)OCC)CC1.I. The van der Waals surface area contributed by atoms with Crippen LogP contribution in [0.15, 0.2) is 16.6 Å². The van der Waals surface area contributed by atoms with Crippen LogP contribution in [-0.2, 0) is 9.53 Å². The van der Waals surface area contributed by atoms with Gasteiger partial charge < -0.3 is 15.0 Å². The monoisotopic (exact) mass is 463 g/mol. The lowest BCUT2D eigenvalue weighted by molar-refractivity contribution is -0.149. The zero-order valence-electron chi connectivity index (χ0n) is 15.8. The van der Waals surface area contributed by atoms with Crippen molar-refractivity contribution in [3.8, 4) is 0 Å². The molecule has 1 saturated heterocycles. The van der Waals surface area contributed by atoms with Gasteiger partial charge in [0.25, 0.3) is 0 Å². The summed E-state index contributed by atoms with van der Waals surface area (Å²) in [5.74, 6) is 1.01. The van der Waals surface area contributed by atoms with Crippen molar-refractivity contribution in [3.05, 3.63) is 11.6 Å². The molecule has 0 bridgehead atoms. The number of carbonyl (C=O) groups is 1. The van der Waals surface area contributed by atoms with Crippen LogP contribution in [0.25, 0.3) is 0 Å². The van der Waals surface area contributed by atoms with Crippen molar-refractivity contribution in [1.29, 1.82) is 0 Å². The molecule has 0 aromatic heterocycles. The fourth-order valence-electron chi connectivity index (χ4n) is 3.45. The van der Waals surface area contributed by atoms with Crippen LogP contribution in [0.2, 0.25) is 0 Å². The Morgan fingerprint density at radius 3 is 2.68 bits per heavy atom. The van der Waals surface area contributed by atoms with Gasteiger partial charge in [0.05, 0.1) is 12.5 Å². The Bertz CT molecular complexity index is 458. The lowest BCUT2D eigenvalue weighted by Gasteiger charge is -2.33. The molecular formula is C19H34IN3O2. The third kappa shape index (κ3) is 7.54. The highest BCUT2D eigenvalue weighted by atomic mass is 127. The summed E-state index contributed by atoms with van der Waals surface area (Å²) in [4.78, 5) is 19.0. The Labute approximate surface area is 169 Å². The topological polar surface area (TPSA) is 53.9 Å². The molecule has 5 nitrogen and oxygen atoms in total. The molecule has 1 heterocycles. The molecule has 25 heavy (non-hydrogen) atoms. The smallest absolute Gasteiger partial charge is 0.309 e. The summed E-state index contributed by atoms with van der Waals surface area (Å²) in [5, 5.41) is 3.40. The number of piperidine rings is 1.